The minimum Gasteiger partial charge on any atom is -0.392 e. The monoisotopic (exact) mass is 323 g/mol. The number of aliphatic hydroxyl groups is 1. The predicted octanol–water partition coefficient (Wildman–Crippen LogP) is 2.08. The molecule has 24 heavy (non-hydrogen) atoms. The SMILES string of the molecule is O=C(NCc1ccccc1CO)Nc1ccc(-n2nccn2)cc1. The summed E-state index contributed by atoms with van der Waals surface area (Å²) in [6.45, 7) is 0.292. The lowest BCUT2D eigenvalue weighted by Gasteiger charge is -2.10. The minimum atomic E-state index is -0.312. The van der Waals surface area contributed by atoms with Crippen LogP contribution in [0, 0.1) is 0 Å². The molecule has 0 spiro atoms. The van der Waals surface area contributed by atoms with Gasteiger partial charge in [-0.3, -0.25) is 0 Å². The second kappa shape index (κ2) is 7.38. The number of rotatable bonds is 5. The van der Waals surface area contributed by atoms with E-state index in [1.165, 1.54) is 4.80 Å². The molecular formula is C17H17N5O2. The molecule has 0 saturated carbocycles. The fourth-order valence-electron chi connectivity index (χ4n) is 2.26. The van der Waals surface area contributed by atoms with Crippen LogP contribution >= 0.6 is 0 Å². The zero-order valence-electron chi connectivity index (χ0n) is 12.9. The lowest BCUT2D eigenvalue weighted by atomic mass is 10.1. The van der Waals surface area contributed by atoms with Crippen LogP contribution in [0.15, 0.2) is 60.9 Å². The van der Waals surface area contributed by atoms with E-state index >= 15 is 0 Å². The summed E-state index contributed by atoms with van der Waals surface area (Å²) in [5, 5.41) is 22.9. The van der Waals surface area contributed by atoms with Crippen molar-refractivity contribution in [3.05, 3.63) is 72.1 Å². The molecule has 122 valence electrons. The molecule has 0 bridgehead atoms. The highest BCUT2D eigenvalue weighted by Gasteiger charge is 2.05. The number of amides is 2. The van der Waals surface area contributed by atoms with Crippen LogP contribution in [0.3, 0.4) is 0 Å². The first-order valence-electron chi connectivity index (χ1n) is 7.45. The maximum atomic E-state index is 12.0. The second-order valence-corrected chi connectivity index (χ2v) is 5.10. The van der Waals surface area contributed by atoms with Gasteiger partial charge in [-0.25, -0.2) is 4.79 Å². The molecule has 0 aliphatic carbocycles. The molecule has 1 aromatic heterocycles. The van der Waals surface area contributed by atoms with Gasteiger partial charge in [-0.05, 0) is 35.4 Å². The highest BCUT2D eigenvalue weighted by Crippen LogP contribution is 2.12. The van der Waals surface area contributed by atoms with E-state index in [4.69, 9.17) is 0 Å². The lowest BCUT2D eigenvalue weighted by Crippen LogP contribution is -2.28. The van der Waals surface area contributed by atoms with Crippen molar-refractivity contribution in [2.75, 3.05) is 5.32 Å². The molecule has 0 radical (unpaired) electrons. The fraction of sp³-hybridized carbons (Fsp3) is 0.118. The van der Waals surface area contributed by atoms with E-state index in [0.29, 0.717) is 12.2 Å². The summed E-state index contributed by atoms with van der Waals surface area (Å²) in [6, 6.07) is 14.3. The predicted molar refractivity (Wildman–Crippen MR) is 89.6 cm³/mol. The van der Waals surface area contributed by atoms with Crippen molar-refractivity contribution in [1.82, 2.24) is 20.3 Å². The highest BCUT2D eigenvalue weighted by atomic mass is 16.3. The number of nitrogens with zero attached hydrogens (tertiary/aromatic N) is 3. The van der Waals surface area contributed by atoms with Gasteiger partial charge in [-0.15, -0.1) is 0 Å². The third-order valence-electron chi connectivity index (χ3n) is 3.50. The molecular weight excluding hydrogens is 306 g/mol. The van der Waals surface area contributed by atoms with Crippen LogP contribution in [0.25, 0.3) is 5.69 Å². The Balaban J connectivity index is 1.57. The van der Waals surface area contributed by atoms with Gasteiger partial charge >= 0.3 is 6.03 Å². The zero-order chi connectivity index (χ0) is 16.8. The van der Waals surface area contributed by atoms with Gasteiger partial charge in [-0.1, -0.05) is 24.3 Å². The maximum Gasteiger partial charge on any atom is 0.319 e. The van der Waals surface area contributed by atoms with Crippen molar-refractivity contribution in [3.63, 3.8) is 0 Å². The number of hydrogen-bond donors (Lipinski definition) is 3. The summed E-state index contributed by atoms with van der Waals surface area (Å²) < 4.78 is 0. The number of urea groups is 1. The molecule has 7 heteroatoms. The molecule has 0 saturated heterocycles. The van der Waals surface area contributed by atoms with Crippen molar-refractivity contribution in [2.24, 2.45) is 0 Å². The van der Waals surface area contributed by atoms with Gasteiger partial charge in [-0.2, -0.15) is 15.0 Å². The number of aromatic nitrogens is 3. The van der Waals surface area contributed by atoms with Gasteiger partial charge < -0.3 is 15.7 Å². The summed E-state index contributed by atoms with van der Waals surface area (Å²) in [6.07, 6.45) is 3.20. The molecule has 1 heterocycles. The Labute approximate surface area is 138 Å². The fourth-order valence-corrected chi connectivity index (χ4v) is 2.26. The van der Waals surface area contributed by atoms with Crippen molar-refractivity contribution < 1.29 is 9.90 Å². The average molecular weight is 323 g/mol. The molecule has 2 amide bonds. The van der Waals surface area contributed by atoms with Crippen LogP contribution in [-0.4, -0.2) is 26.1 Å². The number of aliphatic hydroxyl groups excluding tert-OH is 1. The van der Waals surface area contributed by atoms with E-state index in [9.17, 15) is 9.90 Å². The number of carbonyl (C=O) groups is 1. The summed E-state index contributed by atoms with van der Waals surface area (Å²) in [5.74, 6) is 0. The van der Waals surface area contributed by atoms with Crippen LogP contribution in [0.5, 0.6) is 0 Å². The molecule has 0 unspecified atom stereocenters. The van der Waals surface area contributed by atoms with E-state index in [1.54, 1.807) is 24.5 Å². The van der Waals surface area contributed by atoms with E-state index < -0.39 is 0 Å². The Morgan fingerprint density at radius 3 is 2.33 bits per heavy atom. The third kappa shape index (κ3) is 3.76. The summed E-state index contributed by atoms with van der Waals surface area (Å²) in [5.41, 5.74) is 3.16. The molecule has 3 N–H and O–H groups in total. The third-order valence-corrected chi connectivity index (χ3v) is 3.50. The number of carbonyl (C=O) groups excluding carboxylic acids is 1. The van der Waals surface area contributed by atoms with Gasteiger partial charge in [0, 0.05) is 12.2 Å². The van der Waals surface area contributed by atoms with Gasteiger partial charge in [0.25, 0.3) is 0 Å². The molecule has 0 aliphatic rings. The van der Waals surface area contributed by atoms with Crippen LogP contribution in [-0.2, 0) is 13.2 Å². The Bertz CT molecular complexity index is 800. The second-order valence-electron chi connectivity index (χ2n) is 5.10. The van der Waals surface area contributed by atoms with E-state index in [-0.39, 0.29) is 12.6 Å². The van der Waals surface area contributed by atoms with Gasteiger partial charge in [0.1, 0.15) is 0 Å². The van der Waals surface area contributed by atoms with Crippen LogP contribution < -0.4 is 10.6 Å². The number of anilines is 1. The molecule has 2 aromatic carbocycles. The molecule has 0 aliphatic heterocycles. The Kier molecular flexibility index (Phi) is 4.83. The number of hydrogen-bond acceptors (Lipinski definition) is 4. The first-order chi connectivity index (χ1) is 11.8. The summed E-state index contributed by atoms with van der Waals surface area (Å²) >= 11 is 0. The van der Waals surface area contributed by atoms with Gasteiger partial charge in [0.05, 0.1) is 24.7 Å². The molecule has 3 aromatic rings. The molecule has 0 atom stereocenters. The maximum absolute atomic E-state index is 12.0. The molecule has 3 rings (SSSR count). The van der Waals surface area contributed by atoms with E-state index in [2.05, 4.69) is 20.8 Å². The van der Waals surface area contributed by atoms with Gasteiger partial charge in [0.15, 0.2) is 0 Å². The van der Waals surface area contributed by atoms with Crippen LogP contribution in [0.2, 0.25) is 0 Å². The van der Waals surface area contributed by atoms with Crippen molar-refractivity contribution >= 4 is 11.7 Å². The minimum absolute atomic E-state index is 0.0532. The summed E-state index contributed by atoms with van der Waals surface area (Å²) in [7, 11) is 0. The van der Waals surface area contributed by atoms with E-state index in [1.807, 2.05) is 36.4 Å². The van der Waals surface area contributed by atoms with Gasteiger partial charge in [0.2, 0.25) is 0 Å². The topological polar surface area (TPSA) is 92.1 Å². The quantitative estimate of drug-likeness (QED) is 0.670. The van der Waals surface area contributed by atoms with Crippen molar-refractivity contribution in [3.8, 4) is 5.69 Å². The Morgan fingerprint density at radius 1 is 1.00 bits per heavy atom. The average Bonchev–Trinajstić information content (AvgIpc) is 3.15. The molecule has 0 fully saturated rings. The van der Waals surface area contributed by atoms with Crippen LogP contribution in [0.1, 0.15) is 11.1 Å². The van der Waals surface area contributed by atoms with E-state index in [0.717, 1.165) is 16.8 Å². The first kappa shape index (κ1) is 15.7. The molecule has 7 nitrogen and oxygen atoms in total. The van der Waals surface area contributed by atoms with Crippen LogP contribution in [0.4, 0.5) is 10.5 Å². The number of benzene rings is 2. The standard InChI is InChI=1S/C17H17N5O2/c23-12-14-4-2-1-3-13(14)11-18-17(24)21-15-5-7-16(8-6-15)22-19-9-10-20-22/h1-10,23H,11-12H2,(H2,18,21,24). The summed E-state index contributed by atoms with van der Waals surface area (Å²) in [4.78, 5) is 13.5. The lowest BCUT2D eigenvalue weighted by molar-refractivity contribution is 0.251. The first-order valence-corrected chi connectivity index (χ1v) is 7.45. The van der Waals surface area contributed by atoms with Crippen molar-refractivity contribution in [2.45, 2.75) is 13.2 Å². The largest absolute Gasteiger partial charge is 0.392 e. The smallest absolute Gasteiger partial charge is 0.319 e. The zero-order valence-corrected chi connectivity index (χ0v) is 12.9. The number of nitrogens with one attached hydrogen (secondary N) is 2. The Hall–Kier alpha value is -3.19. The highest BCUT2D eigenvalue weighted by molar-refractivity contribution is 5.89. The van der Waals surface area contributed by atoms with Crippen molar-refractivity contribution in [1.29, 1.82) is 0 Å². The Morgan fingerprint density at radius 2 is 1.67 bits per heavy atom. The normalized spacial score (nSPS) is 10.4.